The van der Waals surface area contributed by atoms with Crippen LogP contribution < -0.4 is 4.74 Å². The molecule has 96 valence electrons. The van der Waals surface area contributed by atoms with E-state index in [4.69, 9.17) is 4.74 Å². The van der Waals surface area contributed by atoms with E-state index in [1.807, 2.05) is 0 Å². The summed E-state index contributed by atoms with van der Waals surface area (Å²) in [5, 5.41) is 9.31. The summed E-state index contributed by atoms with van der Waals surface area (Å²) >= 11 is 0. The highest BCUT2D eigenvalue weighted by Crippen LogP contribution is 2.22. The van der Waals surface area contributed by atoms with Gasteiger partial charge in [0.15, 0.2) is 11.6 Å². The number of aliphatic hydroxyl groups excluding tert-OH is 1. The van der Waals surface area contributed by atoms with Crippen molar-refractivity contribution in [1.29, 1.82) is 0 Å². The second-order valence-corrected chi connectivity index (χ2v) is 4.75. The molecule has 3 heteroatoms. The van der Waals surface area contributed by atoms with Crippen molar-refractivity contribution in [3.05, 3.63) is 29.6 Å². The van der Waals surface area contributed by atoms with Crippen LogP contribution in [0.1, 0.15) is 45.3 Å². The molecule has 17 heavy (non-hydrogen) atoms. The van der Waals surface area contributed by atoms with E-state index in [1.165, 1.54) is 6.07 Å². The second kappa shape index (κ2) is 6.60. The maximum Gasteiger partial charge on any atom is 0.165 e. The first kappa shape index (κ1) is 14.0. The second-order valence-electron chi connectivity index (χ2n) is 4.75. The minimum atomic E-state index is -0.653. The van der Waals surface area contributed by atoms with E-state index in [0.717, 1.165) is 12.8 Å². The summed E-state index contributed by atoms with van der Waals surface area (Å²) < 4.78 is 18.9. The van der Waals surface area contributed by atoms with Gasteiger partial charge in [-0.3, -0.25) is 0 Å². The van der Waals surface area contributed by atoms with Crippen LogP contribution in [0.3, 0.4) is 0 Å². The predicted octanol–water partition coefficient (Wildman–Crippen LogP) is 3.69. The van der Waals surface area contributed by atoms with Crippen LogP contribution in [0.25, 0.3) is 0 Å². The lowest BCUT2D eigenvalue weighted by molar-refractivity contribution is 0.198. The smallest absolute Gasteiger partial charge is 0.165 e. The minimum absolute atomic E-state index is 0.262. The van der Waals surface area contributed by atoms with Gasteiger partial charge < -0.3 is 9.84 Å². The molecule has 0 saturated carbocycles. The van der Waals surface area contributed by atoms with E-state index in [0.29, 0.717) is 18.1 Å². The molecule has 0 amide bonds. The molecule has 1 N–H and O–H groups in total. The Labute approximate surface area is 102 Å². The Balaban J connectivity index is 2.49. The maximum absolute atomic E-state index is 13.6. The zero-order valence-corrected chi connectivity index (χ0v) is 10.7. The van der Waals surface area contributed by atoms with Gasteiger partial charge in [-0.25, -0.2) is 4.39 Å². The number of ether oxygens (including phenoxy) is 1. The van der Waals surface area contributed by atoms with Gasteiger partial charge in [0.1, 0.15) is 0 Å². The summed E-state index contributed by atoms with van der Waals surface area (Å²) in [4.78, 5) is 0. The molecular formula is C14H21FO2. The third-order valence-electron chi connectivity index (χ3n) is 2.62. The SMILES string of the molecule is CC(C)CCCOc1ccc([C@H](C)O)cc1F. The Bertz CT molecular complexity index is 348. The predicted molar refractivity (Wildman–Crippen MR) is 66.6 cm³/mol. The van der Waals surface area contributed by atoms with Crippen molar-refractivity contribution >= 4 is 0 Å². The third-order valence-corrected chi connectivity index (χ3v) is 2.62. The molecule has 0 aliphatic heterocycles. The zero-order valence-electron chi connectivity index (χ0n) is 10.7. The molecule has 0 unspecified atom stereocenters. The van der Waals surface area contributed by atoms with Gasteiger partial charge in [0.25, 0.3) is 0 Å². The summed E-state index contributed by atoms with van der Waals surface area (Å²) in [6, 6.07) is 4.58. The quantitative estimate of drug-likeness (QED) is 0.768. The van der Waals surface area contributed by atoms with Gasteiger partial charge >= 0.3 is 0 Å². The highest BCUT2D eigenvalue weighted by atomic mass is 19.1. The van der Waals surface area contributed by atoms with Gasteiger partial charge in [-0.2, -0.15) is 0 Å². The van der Waals surface area contributed by atoms with Crippen molar-refractivity contribution in [3.8, 4) is 5.75 Å². The van der Waals surface area contributed by atoms with E-state index in [-0.39, 0.29) is 5.75 Å². The van der Waals surface area contributed by atoms with Crippen molar-refractivity contribution < 1.29 is 14.2 Å². The number of rotatable bonds is 6. The molecule has 1 aromatic carbocycles. The molecule has 0 radical (unpaired) electrons. The average molecular weight is 240 g/mol. The summed E-state index contributed by atoms with van der Waals surface area (Å²) in [6.45, 7) is 6.44. The van der Waals surface area contributed by atoms with Crippen LogP contribution in [0.5, 0.6) is 5.75 Å². The summed E-state index contributed by atoms with van der Waals surface area (Å²) in [5.41, 5.74) is 0.567. The number of aliphatic hydroxyl groups is 1. The fourth-order valence-corrected chi connectivity index (χ4v) is 1.57. The molecule has 0 aliphatic carbocycles. The Morgan fingerprint density at radius 1 is 1.29 bits per heavy atom. The summed E-state index contributed by atoms with van der Waals surface area (Å²) in [5.74, 6) is 0.493. The van der Waals surface area contributed by atoms with Gasteiger partial charge in [0.2, 0.25) is 0 Å². The van der Waals surface area contributed by atoms with Gasteiger partial charge in [0, 0.05) is 0 Å². The topological polar surface area (TPSA) is 29.5 Å². The van der Waals surface area contributed by atoms with Crippen LogP contribution in [0, 0.1) is 11.7 Å². The van der Waals surface area contributed by atoms with Crippen molar-refractivity contribution in [3.63, 3.8) is 0 Å². The van der Waals surface area contributed by atoms with E-state index < -0.39 is 11.9 Å². The number of halogens is 1. The van der Waals surface area contributed by atoms with Crippen LogP contribution in [0.2, 0.25) is 0 Å². The van der Waals surface area contributed by atoms with Crippen LogP contribution in [0.4, 0.5) is 4.39 Å². The Morgan fingerprint density at radius 3 is 2.53 bits per heavy atom. The van der Waals surface area contributed by atoms with Crippen LogP contribution >= 0.6 is 0 Å². The molecule has 0 heterocycles. The zero-order chi connectivity index (χ0) is 12.8. The van der Waals surface area contributed by atoms with Crippen LogP contribution in [-0.4, -0.2) is 11.7 Å². The molecule has 2 nitrogen and oxygen atoms in total. The molecule has 0 spiro atoms. The molecule has 0 bridgehead atoms. The highest BCUT2D eigenvalue weighted by molar-refractivity contribution is 5.30. The monoisotopic (exact) mass is 240 g/mol. The van der Waals surface area contributed by atoms with Crippen LogP contribution in [0.15, 0.2) is 18.2 Å². The first-order chi connectivity index (χ1) is 8.00. The van der Waals surface area contributed by atoms with Crippen molar-refractivity contribution in [2.45, 2.75) is 39.7 Å². The van der Waals surface area contributed by atoms with Crippen molar-refractivity contribution in [1.82, 2.24) is 0 Å². The Hall–Kier alpha value is -1.09. The maximum atomic E-state index is 13.6. The first-order valence-electron chi connectivity index (χ1n) is 6.11. The molecular weight excluding hydrogens is 219 g/mol. The first-order valence-corrected chi connectivity index (χ1v) is 6.11. The third kappa shape index (κ3) is 4.73. The lowest BCUT2D eigenvalue weighted by atomic mass is 10.1. The normalized spacial score (nSPS) is 12.8. The highest BCUT2D eigenvalue weighted by Gasteiger charge is 2.07. The lowest BCUT2D eigenvalue weighted by Crippen LogP contribution is -2.02. The van der Waals surface area contributed by atoms with Gasteiger partial charge in [-0.05, 0) is 43.4 Å². The van der Waals surface area contributed by atoms with E-state index in [1.54, 1.807) is 19.1 Å². The molecule has 0 aliphatic rings. The van der Waals surface area contributed by atoms with E-state index >= 15 is 0 Å². The van der Waals surface area contributed by atoms with Crippen molar-refractivity contribution in [2.24, 2.45) is 5.92 Å². The van der Waals surface area contributed by atoms with Crippen molar-refractivity contribution in [2.75, 3.05) is 6.61 Å². The number of benzene rings is 1. The Morgan fingerprint density at radius 2 is 2.00 bits per heavy atom. The molecule has 0 saturated heterocycles. The standard InChI is InChI=1S/C14H21FO2/c1-10(2)5-4-8-17-14-7-6-12(11(3)16)9-13(14)15/h6-7,9-11,16H,4-5,8H2,1-3H3/t11-/m0/s1. The van der Waals surface area contributed by atoms with Crippen LogP contribution in [-0.2, 0) is 0 Å². The van der Waals surface area contributed by atoms with Gasteiger partial charge in [0.05, 0.1) is 12.7 Å². The number of hydrogen-bond acceptors (Lipinski definition) is 2. The summed E-state index contributed by atoms with van der Waals surface area (Å²) in [7, 11) is 0. The molecule has 0 aromatic heterocycles. The molecule has 1 rings (SSSR count). The summed E-state index contributed by atoms with van der Waals surface area (Å²) in [6.07, 6.45) is 1.35. The minimum Gasteiger partial charge on any atom is -0.491 e. The average Bonchev–Trinajstić information content (AvgIpc) is 2.25. The molecule has 1 atom stereocenters. The Kier molecular flexibility index (Phi) is 5.42. The largest absolute Gasteiger partial charge is 0.491 e. The fourth-order valence-electron chi connectivity index (χ4n) is 1.57. The van der Waals surface area contributed by atoms with E-state index in [2.05, 4.69) is 13.8 Å². The number of hydrogen-bond donors (Lipinski definition) is 1. The fraction of sp³-hybridized carbons (Fsp3) is 0.571. The molecule has 0 fully saturated rings. The lowest BCUT2D eigenvalue weighted by Gasteiger charge is -2.10. The van der Waals surface area contributed by atoms with E-state index in [9.17, 15) is 9.50 Å². The van der Waals surface area contributed by atoms with Gasteiger partial charge in [-0.15, -0.1) is 0 Å². The molecule has 1 aromatic rings. The van der Waals surface area contributed by atoms with Gasteiger partial charge in [-0.1, -0.05) is 19.9 Å².